The zero-order valence-electron chi connectivity index (χ0n) is 33.6. The first kappa shape index (κ1) is 52.7. The lowest BCUT2D eigenvalue weighted by Crippen LogP contribution is -2.15. The summed E-state index contributed by atoms with van der Waals surface area (Å²) < 4.78 is 6.16. The van der Waals surface area contributed by atoms with E-state index >= 15 is 0 Å². The van der Waals surface area contributed by atoms with Gasteiger partial charge in [-0.25, -0.2) is 15.0 Å². The van der Waals surface area contributed by atoms with E-state index in [0.29, 0.717) is 39.1 Å². The maximum Gasteiger partial charge on any atom is 0.384 e. The fourth-order valence-corrected chi connectivity index (χ4v) is 6.75. The SMILES string of the molecule is CC(C)(C)N=[N+]([O-])c1nc(N)c(Br)nc1Br.CC(C)(C)N=[N+]([O-])c1nc([N+]([O-])=NC(C)(C)C)c(Br)nc1Br.CS(C)=Nc1nc([N+]([O-])=NC(C)(C)C)c(Br)nc1Br. The van der Waals surface area contributed by atoms with Gasteiger partial charge in [-0.05, 0) is 201 Å². The second kappa shape index (κ2) is 21.3. The first-order valence-corrected chi connectivity index (χ1v) is 22.9. The third kappa shape index (κ3) is 19.5. The predicted molar refractivity (Wildman–Crippen MR) is 240 cm³/mol. The van der Waals surface area contributed by atoms with Gasteiger partial charge >= 0.3 is 29.1 Å². The second-order valence-electron chi connectivity index (χ2n) is 15.5. The van der Waals surface area contributed by atoms with Crippen LogP contribution in [0.1, 0.15) is 83.1 Å². The molecule has 2 N–H and O–H groups in total. The molecule has 0 aliphatic carbocycles. The van der Waals surface area contributed by atoms with Crippen LogP contribution in [0.2, 0.25) is 0 Å². The highest BCUT2D eigenvalue weighted by molar-refractivity contribution is 9.11. The van der Waals surface area contributed by atoms with Gasteiger partial charge in [-0.1, -0.05) is 10.7 Å². The molecule has 0 aliphatic heterocycles. The Kier molecular flexibility index (Phi) is 19.7. The van der Waals surface area contributed by atoms with Gasteiger partial charge in [-0.15, -0.1) is 39.9 Å². The number of nitrogen functional groups attached to an aromatic ring is 1. The predicted octanol–water partition coefficient (Wildman–Crippen LogP) is 11.8. The fraction of sp³-hybridized carbons (Fsp3) is 0.600. The summed E-state index contributed by atoms with van der Waals surface area (Å²) in [6.45, 7) is 21.5. The maximum atomic E-state index is 12.1. The first-order valence-electron chi connectivity index (χ1n) is 16.1. The van der Waals surface area contributed by atoms with Crippen LogP contribution in [0.25, 0.3) is 0 Å². The highest BCUT2D eigenvalue weighted by atomic mass is 79.9. The van der Waals surface area contributed by atoms with Gasteiger partial charge in [0.05, 0.1) is 22.2 Å². The van der Waals surface area contributed by atoms with Crippen molar-refractivity contribution in [3.63, 3.8) is 0 Å². The summed E-state index contributed by atoms with van der Waals surface area (Å²) in [6.07, 6.45) is 3.90. The van der Waals surface area contributed by atoms with E-state index in [2.05, 4.69) is 150 Å². The van der Waals surface area contributed by atoms with E-state index in [0.717, 1.165) is 0 Å². The van der Waals surface area contributed by atoms with Gasteiger partial charge in [0.25, 0.3) is 5.82 Å². The van der Waals surface area contributed by atoms with Crippen molar-refractivity contribution in [1.29, 1.82) is 0 Å². The van der Waals surface area contributed by atoms with Crippen LogP contribution in [0.5, 0.6) is 0 Å². The summed E-state index contributed by atoms with van der Waals surface area (Å²) in [6, 6.07) is 0. The molecule has 0 saturated carbocycles. The van der Waals surface area contributed by atoms with E-state index in [-0.39, 0.29) is 53.6 Å². The van der Waals surface area contributed by atoms with Gasteiger partial charge in [0.15, 0.2) is 9.21 Å². The van der Waals surface area contributed by atoms with Gasteiger partial charge in [0.2, 0.25) is 18.4 Å². The van der Waals surface area contributed by atoms with Crippen molar-refractivity contribution in [3.05, 3.63) is 48.4 Å². The quantitative estimate of drug-likeness (QED) is 0.142. The van der Waals surface area contributed by atoms with E-state index < -0.39 is 22.2 Å². The van der Waals surface area contributed by atoms with Gasteiger partial charge < -0.3 is 26.6 Å². The Morgan fingerprint density at radius 3 is 1.00 bits per heavy atom. The standard InChI is InChI=1S/C12H18Br2N6O2.C10H15Br2N5OS.C8H11Br2N5O/c1-11(2,3)17-19(21)9-7(13)15-8(14)10(16-9)20(22)18-12(4,5)6;1-10(2,3)16-17(18)9-7(12)13-6(11)8(14-9)15-19(4)5;1-8(2,3)14-15(16)7-5(10)12-4(9)6(11)13-7/h1-6H3;1-5H3;1-3H3,(H2,11,13). The molecule has 3 aromatic heterocycles. The number of hydrogen-bond acceptors (Lipinski definition) is 16. The van der Waals surface area contributed by atoms with Crippen molar-refractivity contribution in [3.8, 4) is 0 Å². The minimum absolute atomic E-state index is 0.0376. The number of aromatic nitrogens is 6. The van der Waals surface area contributed by atoms with E-state index in [4.69, 9.17) is 5.73 Å². The number of halogens is 6. The van der Waals surface area contributed by atoms with Crippen LogP contribution in [0, 0.1) is 20.8 Å². The maximum absolute atomic E-state index is 12.1. The molecule has 0 bridgehead atoms. The molecular formula is C30H44Br6N16O4S. The highest BCUT2D eigenvalue weighted by Crippen LogP contribution is 2.32. The van der Waals surface area contributed by atoms with Crippen molar-refractivity contribution in [2.45, 2.75) is 105 Å². The largest absolute Gasteiger partial charge is 0.691 e. The van der Waals surface area contributed by atoms with Gasteiger partial charge in [-0.3, -0.25) is 0 Å². The Morgan fingerprint density at radius 1 is 0.439 bits per heavy atom. The molecule has 57 heavy (non-hydrogen) atoms. The third-order valence-corrected chi connectivity index (χ3v) is 8.71. The molecule has 27 heteroatoms. The molecule has 0 fully saturated rings. The van der Waals surface area contributed by atoms with Gasteiger partial charge in [-0.2, -0.15) is 4.36 Å². The topological polar surface area (TPSA) is 269 Å². The van der Waals surface area contributed by atoms with Crippen LogP contribution in [-0.4, -0.2) is 84.0 Å². The van der Waals surface area contributed by atoms with E-state index in [1.54, 1.807) is 62.3 Å². The van der Waals surface area contributed by atoms with E-state index in [9.17, 15) is 20.8 Å². The number of hydrogen-bond donors (Lipinski definition) is 1. The molecule has 20 nitrogen and oxygen atoms in total. The lowest BCUT2D eigenvalue weighted by atomic mass is 10.1. The van der Waals surface area contributed by atoms with Crippen molar-refractivity contribution < 1.29 is 19.4 Å². The minimum Gasteiger partial charge on any atom is -0.691 e. The fourth-order valence-electron chi connectivity index (χ4n) is 3.15. The molecule has 0 aromatic carbocycles. The monoisotopic (exact) mass is 1200 g/mol. The van der Waals surface area contributed by atoms with Crippen LogP contribution >= 0.6 is 95.6 Å². The van der Waals surface area contributed by atoms with Crippen LogP contribution in [0.15, 0.2) is 52.4 Å². The van der Waals surface area contributed by atoms with Crippen LogP contribution in [0.3, 0.4) is 0 Å². The van der Waals surface area contributed by atoms with Crippen LogP contribution in [-0.2, 0) is 10.7 Å². The smallest absolute Gasteiger partial charge is 0.384 e. The van der Waals surface area contributed by atoms with E-state index in [1.807, 2.05) is 33.3 Å². The van der Waals surface area contributed by atoms with Crippen molar-refractivity contribution in [2.75, 3.05) is 18.2 Å². The highest BCUT2D eigenvalue weighted by Gasteiger charge is 2.27. The second-order valence-corrected chi connectivity index (χ2v) is 21.7. The molecule has 0 aliphatic rings. The normalized spacial score (nSPS) is 13.5. The van der Waals surface area contributed by atoms with Crippen molar-refractivity contribution in [2.24, 2.45) is 24.8 Å². The molecule has 0 atom stereocenters. The number of azo groups is 4. The Morgan fingerprint density at radius 2 is 0.702 bits per heavy atom. The lowest BCUT2D eigenvalue weighted by molar-refractivity contribution is -0.467. The molecule has 3 rings (SSSR count). The number of rotatable bonds is 5. The molecule has 0 spiro atoms. The number of nitrogens with zero attached hydrogens (tertiary/aromatic N) is 15. The minimum atomic E-state index is -0.594. The lowest BCUT2D eigenvalue weighted by Gasteiger charge is -2.15. The Labute approximate surface area is 384 Å². The zero-order valence-corrected chi connectivity index (χ0v) is 43.9. The Balaban J connectivity index is 0.000000433. The summed E-state index contributed by atoms with van der Waals surface area (Å²) >= 11 is 19.0. The summed E-state index contributed by atoms with van der Waals surface area (Å²) in [4.78, 5) is 25.9. The molecule has 3 aromatic rings. The molecule has 0 saturated heterocycles. The molecule has 3 heterocycles. The number of nitrogens with two attached hydrogens (primary N) is 1. The van der Waals surface area contributed by atoms with Crippen molar-refractivity contribution in [1.82, 2.24) is 29.9 Å². The Hall–Kier alpha value is -2.33. The van der Waals surface area contributed by atoms with E-state index in [1.165, 1.54) is 0 Å². The zero-order chi connectivity index (χ0) is 44.6. The first-order chi connectivity index (χ1) is 25.6. The molecule has 316 valence electrons. The van der Waals surface area contributed by atoms with Gasteiger partial charge in [0.1, 0.15) is 0 Å². The Bertz CT molecular complexity index is 2040. The van der Waals surface area contributed by atoms with Crippen LogP contribution < -0.4 is 5.73 Å². The molecule has 0 amide bonds. The third-order valence-electron chi connectivity index (χ3n) is 4.93. The molecular weight excluding hydrogens is 1160 g/mol. The average Bonchev–Trinajstić information content (AvgIpc) is 2.97. The molecule has 0 unspecified atom stereocenters. The summed E-state index contributed by atoms with van der Waals surface area (Å²) in [5.74, 6) is 0.453. The van der Waals surface area contributed by atoms with Gasteiger partial charge in [0, 0.05) is 4.98 Å². The number of anilines is 1. The van der Waals surface area contributed by atoms with Crippen LogP contribution in [0.4, 0.5) is 34.9 Å². The average molecular weight is 1200 g/mol. The summed E-state index contributed by atoms with van der Waals surface area (Å²) in [7, 11) is -0.198. The van der Waals surface area contributed by atoms with Crippen molar-refractivity contribution >= 4 is 141 Å². The summed E-state index contributed by atoms with van der Waals surface area (Å²) in [5, 5.41) is 63.6. The molecule has 0 radical (unpaired) electrons. The summed E-state index contributed by atoms with van der Waals surface area (Å²) in [5.41, 5.74) is 3.37.